The number of anilines is 1. The van der Waals surface area contributed by atoms with Crippen LogP contribution in [0.4, 0.5) is 5.69 Å². The van der Waals surface area contributed by atoms with E-state index in [9.17, 15) is 22.6 Å². The van der Waals surface area contributed by atoms with Crippen molar-refractivity contribution in [3.8, 4) is 0 Å². The van der Waals surface area contributed by atoms with E-state index in [1.54, 1.807) is 12.1 Å². The zero-order valence-electron chi connectivity index (χ0n) is 11.8. The Kier molecular flexibility index (Phi) is 4.74. The van der Waals surface area contributed by atoms with E-state index in [0.29, 0.717) is 0 Å². The summed E-state index contributed by atoms with van der Waals surface area (Å²) in [6, 6.07) is 6.94. The summed E-state index contributed by atoms with van der Waals surface area (Å²) in [4.78, 5) is 24.3. The van der Waals surface area contributed by atoms with Crippen LogP contribution in [0.1, 0.15) is 31.8 Å². The summed E-state index contributed by atoms with van der Waals surface area (Å²) in [5.41, 5.74) is 5.02. The Balaban J connectivity index is 0.00000192. The van der Waals surface area contributed by atoms with Crippen LogP contribution in [0, 0.1) is 0 Å². The average molecular weight is 361 g/mol. The van der Waals surface area contributed by atoms with E-state index in [1.807, 2.05) is 0 Å². The smallest absolute Gasteiger partial charge is 0.296 e. The SMILES string of the molecule is Nc1c(S(=O)(=O)O)cc(Cl)c2c1C(=O)c1ccccc1C2=O.[Na]. The molecule has 3 rings (SSSR count). The summed E-state index contributed by atoms with van der Waals surface area (Å²) in [5.74, 6) is -1.14. The fourth-order valence-corrected chi connectivity index (χ4v) is 3.46. The van der Waals surface area contributed by atoms with Gasteiger partial charge in [-0.05, 0) is 6.07 Å². The molecule has 0 saturated heterocycles. The standard InChI is InChI=1S/C14H8ClNO5S.Na/c15-8-5-9(22(19,20)21)12(16)11-10(8)13(17)6-3-1-2-4-7(6)14(11)18;/h1-5H,16H2,(H,19,20,21);. The van der Waals surface area contributed by atoms with Crippen LogP contribution in [-0.2, 0) is 10.1 Å². The normalized spacial score (nSPS) is 13.1. The number of fused-ring (bicyclic) bond motifs is 2. The molecule has 0 spiro atoms. The molecular weight excluding hydrogens is 353 g/mol. The fourth-order valence-electron chi connectivity index (χ4n) is 2.46. The van der Waals surface area contributed by atoms with Gasteiger partial charge in [0.2, 0.25) is 0 Å². The topological polar surface area (TPSA) is 115 Å². The van der Waals surface area contributed by atoms with E-state index in [0.717, 1.165) is 6.07 Å². The third-order valence-corrected chi connectivity index (χ3v) is 4.62. The molecule has 23 heavy (non-hydrogen) atoms. The van der Waals surface area contributed by atoms with E-state index in [2.05, 4.69) is 0 Å². The Morgan fingerprint density at radius 1 is 1.00 bits per heavy atom. The van der Waals surface area contributed by atoms with Crippen molar-refractivity contribution in [3.63, 3.8) is 0 Å². The van der Waals surface area contributed by atoms with Gasteiger partial charge in [-0.2, -0.15) is 8.42 Å². The second-order valence-electron chi connectivity index (χ2n) is 4.70. The third-order valence-electron chi connectivity index (χ3n) is 3.43. The first-order valence-corrected chi connectivity index (χ1v) is 7.83. The minimum absolute atomic E-state index is 0. The molecule has 0 unspecified atom stereocenters. The zero-order valence-corrected chi connectivity index (χ0v) is 15.4. The molecule has 0 heterocycles. The van der Waals surface area contributed by atoms with Gasteiger partial charge in [0, 0.05) is 40.7 Å². The molecule has 113 valence electrons. The molecule has 2 aromatic rings. The molecule has 0 amide bonds. The van der Waals surface area contributed by atoms with E-state index in [-0.39, 0.29) is 56.8 Å². The first-order chi connectivity index (χ1) is 10.2. The molecule has 1 aliphatic carbocycles. The molecule has 0 aromatic heterocycles. The molecule has 1 radical (unpaired) electrons. The van der Waals surface area contributed by atoms with Gasteiger partial charge in [-0.15, -0.1) is 0 Å². The van der Waals surface area contributed by atoms with Crippen LogP contribution in [-0.4, -0.2) is 54.1 Å². The monoisotopic (exact) mass is 360 g/mol. The van der Waals surface area contributed by atoms with E-state index >= 15 is 0 Å². The molecule has 9 heteroatoms. The predicted molar refractivity (Wildman–Crippen MR) is 84.7 cm³/mol. The molecule has 0 saturated carbocycles. The van der Waals surface area contributed by atoms with Crippen molar-refractivity contribution in [3.05, 3.63) is 57.6 Å². The third kappa shape index (κ3) is 2.73. The van der Waals surface area contributed by atoms with Crippen LogP contribution in [0.2, 0.25) is 5.02 Å². The maximum atomic E-state index is 12.5. The Labute approximate surface area is 158 Å². The minimum atomic E-state index is -4.68. The Bertz CT molecular complexity index is 971. The van der Waals surface area contributed by atoms with Crippen LogP contribution in [0.3, 0.4) is 0 Å². The first kappa shape index (κ1) is 18.1. The van der Waals surface area contributed by atoms with Gasteiger partial charge in [-0.3, -0.25) is 14.1 Å². The van der Waals surface area contributed by atoms with Gasteiger partial charge in [0.1, 0.15) is 4.90 Å². The van der Waals surface area contributed by atoms with Gasteiger partial charge in [-0.25, -0.2) is 0 Å². The van der Waals surface area contributed by atoms with E-state index < -0.39 is 32.3 Å². The van der Waals surface area contributed by atoms with Crippen LogP contribution in [0.5, 0.6) is 0 Å². The van der Waals surface area contributed by atoms with Gasteiger partial charge in [0.05, 0.1) is 21.8 Å². The maximum absolute atomic E-state index is 12.5. The van der Waals surface area contributed by atoms with Gasteiger partial charge in [0.25, 0.3) is 10.1 Å². The number of carbonyl (C=O) groups is 2. The minimum Gasteiger partial charge on any atom is -0.397 e. The quantitative estimate of drug-likeness (QED) is 0.386. The molecule has 0 aliphatic heterocycles. The summed E-state index contributed by atoms with van der Waals surface area (Å²) in [6.07, 6.45) is 0. The summed E-state index contributed by atoms with van der Waals surface area (Å²) >= 11 is 5.95. The molecule has 6 nitrogen and oxygen atoms in total. The van der Waals surface area contributed by atoms with Gasteiger partial charge >= 0.3 is 0 Å². The number of nitrogen functional groups attached to an aromatic ring is 1. The number of halogens is 1. The van der Waals surface area contributed by atoms with Crippen molar-refractivity contribution >= 4 is 68.5 Å². The summed E-state index contributed by atoms with van der Waals surface area (Å²) in [6.45, 7) is 0. The number of nitrogens with two attached hydrogens (primary N) is 1. The number of hydrogen-bond donors (Lipinski definition) is 2. The Morgan fingerprint density at radius 3 is 1.96 bits per heavy atom. The molecule has 0 bridgehead atoms. The Hall–Kier alpha value is -1.22. The van der Waals surface area contributed by atoms with E-state index in [1.165, 1.54) is 12.1 Å². The second kappa shape index (κ2) is 6.01. The molecule has 0 atom stereocenters. The van der Waals surface area contributed by atoms with Gasteiger partial charge in [-0.1, -0.05) is 35.9 Å². The number of carbonyl (C=O) groups excluding carboxylic acids is 2. The summed E-state index contributed by atoms with van der Waals surface area (Å²) in [5, 5.41) is -0.260. The van der Waals surface area contributed by atoms with Crippen molar-refractivity contribution in [2.24, 2.45) is 0 Å². The van der Waals surface area contributed by atoms with Crippen LogP contribution in [0.15, 0.2) is 35.2 Å². The molecule has 2 aromatic carbocycles. The number of rotatable bonds is 1. The van der Waals surface area contributed by atoms with Crippen molar-refractivity contribution in [2.75, 3.05) is 5.73 Å². The number of hydrogen-bond acceptors (Lipinski definition) is 5. The van der Waals surface area contributed by atoms with Gasteiger partial charge < -0.3 is 5.73 Å². The van der Waals surface area contributed by atoms with Crippen molar-refractivity contribution < 1.29 is 22.6 Å². The number of ketones is 2. The van der Waals surface area contributed by atoms with Gasteiger partial charge in [0.15, 0.2) is 11.6 Å². The van der Waals surface area contributed by atoms with Crippen LogP contribution < -0.4 is 5.73 Å². The molecule has 1 aliphatic rings. The first-order valence-electron chi connectivity index (χ1n) is 6.01. The predicted octanol–water partition coefficient (Wildman–Crippen LogP) is 1.56. The largest absolute Gasteiger partial charge is 0.397 e. The van der Waals surface area contributed by atoms with Crippen molar-refractivity contribution in [2.45, 2.75) is 4.90 Å². The Morgan fingerprint density at radius 2 is 1.48 bits per heavy atom. The van der Waals surface area contributed by atoms with Crippen LogP contribution in [0.25, 0.3) is 0 Å². The van der Waals surface area contributed by atoms with Crippen molar-refractivity contribution in [1.29, 1.82) is 0 Å². The second-order valence-corrected chi connectivity index (χ2v) is 6.50. The molecule has 0 fully saturated rings. The fraction of sp³-hybridized carbons (Fsp3) is 0. The zero-order chi connectivity index (χ0) is 16.2. The summed E-state index contributed by atoms with van der Waals surface area (Å²) in [7, 11) is -4.68. The average Bonchev–Trinajstić information content (AvgIpc) is 2.45. The summed E-state index contributed by atoms with van der Waals surface area (Å²) < 4.78 is 31.9. The molecular formula is C14H8ClNNaO5S. The molecule has 3 N–H and O–H groups in total. The number of benzene rings is 2. The van der Waals surface area contributed by atoms with E-state index in [4.69, 9.17) is 17.3 Å². The maximum Gasteiger partial charge on any atom is 0.296 e. The van der Waals surface area contributed by atoms with Crippen molar-refractivity contribution in [1.82, 2.24) is 0 Å². The van der Waals surface area contributed by atoms with Crippen LogP contribution >= 0.6 is 11.6 Å².